The van der Waals surface area contributed by atoms with Crippen LogP contribution in [-0.4, -0.2) is 0 Å². The monoisotopic (exact) mass is 860 g/mol. The molecule has 0 heterocycles. The second-order valence-corrected chi connectivity index (χ2v) is 22.5. The molecule has 0 fully saturated rings. The Balaban J connectivity index is 1.05. The van der Waals surface area contributed by atoms with Gasteiger partial charge >= 0.3 is 0 Å². The van der Waals surface area contributed by atoms with Crippen LogP contribution >= 0.6 is 0 Å². The minimum atomic E-state index is -0.112. The molecule has 67 heavy (non-hydrogen) atoms. The summed E-state index contributed by atoms with van der Waals surface area (Å²) in [5.74, 6) is 0. The van der Waals surface area contributed by atoms with E-state index in [9.17, 15) is 0 Å². The lowest BCUT2D eigenvalue weighted by Crippen LogP contribution is -2.17. The van der Waals surface area contributed by atoms with E-state index in [1.54, 1.807) is 0 Å². The quantitative estimate of drug-likeness (QED) is 0.155. The molecule has 3 aliphatic rings. The van der Waals surface area contributed by atoms with Gasteiger partial charge < -0.3 is 0 Å². The molecule has 10 aromatic carbocycles. The lowest BCUT2D eigenvalue weighted by Gasteiger charge is -2.25. The molecular formula is C67H56. The van der Waals surface area contributed by atoms with Crippen LogP contribution in [0.1, 0.15) is 101 Å². The zero-order valence-corrected chi connectivity index (χ0v) is 40.2. The summed E-state index contributed by atoms with van der Waals surface area (Å²) in [6, 6.07) is 68.3. The number of rotatable bonds is 3. The van der Waals surface area contributed by atoms with E-state index in [1.165, 1.54) is 138 Å². The van der Waals surface area contributed by atoms with Crippen molar-refractivity contribution < 1.29 is 0 Å². The zero-order chi connectivity index (χ0) is 45.9. The van der Waals surface area contributed by atoms with Gasteiger partial charge in [0.25, 0.3) is 0 Å². The third-order valence-corrected chi connectivity index (χ3v) is 16.6. The molecule has 13 rings (SSSR count). The fourth-order valence-corrected chi connectivity index (χ4v) is 12.8. The van der Waals surface area contributed by atoms with E-state index >= 15 is 0 Å². The maximum Gasteiger partial charge on any atom is 0.0159 e. The SMILES string of the molecule is CC(C)(C)c1ccc2c(c1)C(C)(C)c1cc(-c3ccc4c(-c5ccc6c(c5)C(C)(C)c5ccccc5-6)cc5c6ccccc6c(-c6ccc7c(c6)C(C)(C)c6ccccc6-7)cc5c4c3)ccc1-2. The maximum atomic E-state index is 2.52. The highest BCUT2D eigenvalue weighted by Gasteiger charge is 2.38. The normalized spacial score (nSPS) is 15.6. The predicted molar refractivity (Wildman–Crippen MR) is 287 cm³/mol. The number of hydrogen-bond acceptors (Lipinski definition) is 0. The molecular weight excluding hydrogens is 805 g/mol. The standard InChI is InChI=1S/C67H56/c1-64(2,3)43-26-31-52-51-28-23-40(33-60(51)67(8,9)63(52)36-43)39-22-27-46-54(42-25-30-50-48-19-13-15-21-59(48)66(6,7)62(50)35-42)37-56-45-17-11-10-16-44(45)53(38-57(56)55(46)32-39)41-24-29-49-47-18-12-14-20-58(47)65(4,5)61(49)34-41/h10-38H,1-9H3. The molecule has 10 aromatic rings. The summed E-state index contributed by atoms with van der Waals surface area (Å²) in [6.45, 7) is 21.3. The lowest BCUT2D eigenvalue weighted by molar-refractivity contribution is 0.584. The molecule has 0 aromatic heterocycles. The van der Waals surface area contributed by atoms with E-state index in [4.69, 9.17) is 0 Å². The van der Waals surface area contributed by atoms with E-state index < -0.39 is 0 Å². The van der Waals surface area contributed by atoms with Crippen molar-refractivity contribution in [3.05, 3.63) is 215 Å². The smallest absolute Gasteiger partial charge is 0.0159 e. The third-order valence-electron chi connectivity index (χ3n) is 16.6. The molecule has 0 radical (unpaired) electrons. The van der Waals surface area contributed by atoms with Gasteiger partial charge in [-0.25, -0.2) is 0 Å². The van der Waals surface area contributed by atoms with Gasteiger partial charge in [0.15, 0.2) is 0 Å². The van der Waals surface area contributed by atoms with Crippen LogP contribution in [0.2, 0.25) is 0 Å². The second-order valence-electron chi connectivity index (χ2n) is 22.5. The Kier molecular flexibility index (Phi) is 8.14. The second kappa shape index (κ2) is 13.5. The highest BCUT2D eigenvalue weighted by molar-refractivity contribution is 6.24. The fraction of sp³-hybridized carbons (Fsp3) is 0.194. The van der Waals surface area contributed by atoms with Crippen molar-refractivity contribution in [2.45, 2.75) is 84.0 Å². The summed E-state index contributed by atoms with van der Waals surface area (Å²) >= 11 is 0. The summed E-state index contributed by atoms with van der Waals surface area (Å²) in [6.07, 6.45) is 0. The molecule has 0 bridgehead atoms. The van der Waals surface area contributed by atoms with Crippen LogP contribution < -0.4 is 0 Å². The predicted octanol–water partition coefficient (Wildman–Crippen LogP) is 18.4. The fourth-order valence-electron chi connectivity index (χ4n) is 12.8. The van der Waals surface area contributed by atoms with Crippen molar-refractivity contribution in [3.8, 4) is 66.8 Å². The van der Waals surface area contributed by atoms with Gasteiger partial charge in [-0.05, 0) is 180 Å². The highest BCUT2D eigenvalue weighted by atomic mass is 14.4. The molecule has 0 aliphatic heterocycles. The number of benzene rings is 10. The van der Waals surface area contributed by atoms with Crippen molar-refractivity contribution in [2.75, 3.05) is 0 Å². The van der Waals surface area contributed by atoms with Gasteiger partial charge in [-0.15, -0.1) is 0 Å². The lowest BCUT2D eigenvalue weighted by atomic mass is 9.78. The summed E-state index contributed by atoms with van der Waals surface area (Å²) < 4.78 is 0. The van der Waals surface area contributed by atoms with Crippen molar-refractivity contribution in [3.63, 3.8) is 0 Å². The van der Waals surface area contributed by atoms with E-state index in [2.05, 4.69) is 238 Å². The molecule has 0 saturated carbocycles. The van der Waals surface area contributed by atoms with Crippen LogP contribution in [0.25, 0.3) is 99.1 Å². The van der Waals surface area contributed by atoms with Crippen LogP contribution in [0.15, 0.2) is 176 Å². The average molecular weight is 861 g/mol. The Morgan fingerprint density at radius 2 is 0.612 bits per heavy atom. The van der Waals surface area contributed by atoms with Gasteiger partial charge in [-0.2, -0.15) is 0 Å². The van der Waals surface area contributed by atoms with Gasteiger partial charge in [0.05, 0.1) is 0 Å². The first-order chi connectivity index (χ1) is 32.1. The summed E-state index contributed by atoms with van der Waals surface area (Å²) in [7, 11) is 0. The first kappa shape index (κ1) is 40.3. The molecule has 0 spiro atoms. The van der Waals surface area contributed by atoms with Crippen molar-refractivity contribution in [2.24, 2.45) is 0 Å². The van der Waals surface area contributed by atoms with Crippen LogP contribution in [0.4, 0.5) is 0 Å². The summed E-state index contributed by atoms with van der Waals surface area (Å²) in [5, 5.41) is 7.70. The Bertz CT molecular complexity index is 3800. The van der Waals surface area contributed by atoms with Gasteiger partial charge in [0.2, 0.25) is 0 Å². The van der Waals surface area contributed by atoms with Gasteiger partial charge in [-0.1, -0.05) is 202 Å². The first-order valence-electron chi connectivity index (χ1n) is 24.3. The van der Waals surface area contributed by atoms with E-state index in [0.29, 0.717) is 0 Å². The molecule has 0 nitrogen and oxygen atoms in total. The molecule has 0 atom stereocenters. The largest absolute Gasteiger partial charge is 0.0619 e. The molecule has 0 saturated heterocycles. The number of fused-ring (bicyclic) bond motifs is 14. The van der Waals surface area contributed by atoms with Crippen LogP contribution in [-0.2, 0) is 21.7 Å². The highest BCUT2D eigenvalue weighted by Crippen LogP contribution is 2.54. The molecule has 0 amide bonds. The molecule has 0 heteroatoms. The van der Waals surface area contributed by atoms with Crippen LogP contribution in [0.3, 0.4) is 0 Å². The maximum absolute atomic E-state index is 2.52. The minimum Gasteiger partial charge on any atom is -0.0619 e. The molecule has 3 aliphatic carbocycles. The Labute approximate surface area is 396 Å². The first-order valence-corrected chi connectivity index (χ1v) is 24.3. The topological polar surface area (TPSA) is 0 Å². The number of hydrogen-bond donors (Lipinski definition) is 0. The Morgan fingerprint density at radius 3 is 1.16 bits per heavy atom. The van der Waals surface area contributed by atoms with Crippen molar-refractivity contribution in [1.82, 2.24) is 0 Å². The van der Waals surface area contributed by atoms with Crippen molar-refractivity contribution in [1.29, 1.82) is 0 Å². The molecule has 0 unspecified atom stereocenters. The average Bonchev–Trinajstić information content (AvgIpc) is 3.81. The molecule has 324 valence electrons. The van der Waals surface area contributed by atoms with Crippen LogP contribution in [0.5, 0.6) is 0 Å². The Morgan fingerprint density at radius 1 is 0.254 bits per heavy atom. The van der Waals surface area contributed by atoms with Crippen LogP contribution in [0, 0.1) is 0 Å². The van der Waals surface area contributed by atoms with Gasteiger partial charge in [0.1, 0.15) is 0 Å². The van der Waals surface area contributed by atoms with Gasteiger partial charge in [-0.3, -0.25) is 0 Å². The minimum absolute atomic E-state index is 0.0858. The van der Waals surface area contributed by atoms with Gasteiger partial charge in [0, 0.05) is 16.2 Å². The van der Waals surface area contributed by atoms with E-state index in [0.717, 1.165) is 0 Å². The molecule has 0 N–H and O–H groups in total. The summed E-state index contributed by atoms with van der Waals surface area (Å²) in [4.78, 5) is 0. The Hall–Kier alpha value is -7.02. The zero-order valence-electron chi connectivity index (χ0n) is 40.2. The van der Waals surface area contributed by atoms with E-state index in [-0.39, 0.29) is 21.7 Å². The van der Waals surface area contributed by atoms with Crippen molar-refractivity contribution >= 4 is 32.3 Å². The third kappa shape index (κ3) is 5.60. The summed E-state index contributed by atoms with van der Waals surface area (Å²) in [5.41, 5.74) is 25.4. The van der Waals surface area contributed by atoms with E-state index in [1.807, 2.05) is 0 Å².